The number of hydrogen-bond donors (Lipinski definition) is 2. The number of benzene rings is 1. The lowest BCUT2D eigenvalue weighted by Gasteiger charge is -2.32. The summed E-state index contributed by atoms with van der Waals surface area (Å²) in [6, 6.07) is 5.93. The summed E-state index contributed by atoms with van der Waals surface area (Å²) in [6.45, 7) is 6.53. The number of likely N-dealkylation sites (tertiary alicyclic amines) is 1. The molecule has 1 atom stereocenters. The van der Waals surface area contributed by atoms with E-state index in [0.717, 1.165) is 44.6 Å². The van der Waals surface area contributed by atoms with Crippen LogP contribution in [0, 0.1) is 0 Å². The van der Waals surface area contributed by atoms with E-state index in [1.165, 1.54) is 5.56 Å². The molecule has 3 amide bonds. The summed E-state index contributed by atoms with van der Waals surface area (Å²) >= 11 is 0. The summed E-state index contributed by atoms with van der Waals surface area (Å²) in [5, 5.41) is 5.89. The molecule has 3 aliphatic heterocycles. The maximum atomic E-state index is 12.9. The zero-order chi connectivity index (χ0) is 19.7. The van der Waals surface area contributed by atoms with Crippen LogP contribution < -0.4 is 10.6 Å². The van der Waals surface area contributed by atoms with Gasteiger partial charge in [0.1, 0.15) is 6.04 Å². The van der Waals surface area contributed by atoms with Gasteiger partial charge in [0, 0.05) is 31.1 Å². The van der Waals surface area contributed by atoms with Gasteiger partial charge in [-0.2, -0.15) is 0 Å². The normalized spacial score (nSPS) is 23.8. The standard InChI is InChI=1S/C21H28N4O3/c1-2-22-15-8-10-24(11-9-15)12-14-4-3-5-16-17(14)13-25(21(16)28)18-6-7-19(26)23-20(18)27/h3-5,15,18,22H,2,6-13H2,1H3,(H,23,26,27). The van der Waals surface area contributed by atoms with Crippen molar-refractivity contribution in [1.29, 1.82) is 0 Å². The van der Waals surface area contributed by atoms with Gasteiger partial charge in [0.05, 0.1) is 0 Å². The van der Waals surface area contributed by atoms with Gasteiger partial charge in [-0.05, 0) is 56.1 Å². The Bertz CT molecular complexity index is 786. The molecule has 0 aliphatic carbocycles. The van der Waals surface area contributed by atoms with Crippen LogP contribution in [-0.4, -0.2) is 59.2 Å². The van der Waals surface area contributed by atoms with Crippen molar-refractivity contribution < 1.29 is 14.4 Å². The van der Waals surface area contributed by atoms with Crippen molar-refractivity contribution in [2.75, 3.05) is 19.6 Å². The van der Waals surface area contributed by atoms with E-state index in [-0.39, 0.29) is 24.1 Å². The van der Waals surface area contributed by atoms with Crippen molar-refractivity contribution >= 4 is 17.7 Å². The molecule has 3 heterocycles. The maximum Gasteiger partial charge on any atom is 0.255 e. The molecule has 0 radical (unpaired) electrons. The van der Waals surface area contributed by atoms with Crippen LogP contribution in [0.1, 0.15) is 54.1 Å². The van der Waals surface area contributed by atoms with Crippen LogP contribution >= 0.6 is 0 Å². The lowest BCUT2D eigenvalue weighted by atomic mass is 10.0. The third-order valence-corrected chi connectivity index (χ3v) is 6.15. The van der Waals surface area contributed by atoms with E-state index in [2.05, 4.69) is 28.5 Å². The molecule has 0 aromatic heterocycles. The summed E-state index contributed by atoms with van der Waals surface area (Å²) in [5.41, 5.74) is 2.90. The second-order valence-corrected chi connectivity index (χ2v) is 7.95. The molecule has 2 saturated heterocycles. The van der Waals surface area contributed by atoms with Crippen LogP contribution in [0.5, 0.6) is 0 Å². The molecule has 1 aromatic rings. The third-order valence-electron chi connectivity index (χ3n) is 6.15. The summed E-state index contributed by atoms with van der Waals surface area (Å²) in [6.07, 6.45) is 2.97. The lowest BCUT2D eigenvalue weighted by molar-refractivity contribution is -0.136. The van der Waals surface area contributed by atoms with Crippen LogP contribution in [0.4, 0.5) is 0 Å². The van der Waals surface area contributed by atoms with Crippen molar-refractivity contribution in [3.8, 4) is 0 Å². The minimum Gasteiger partial charge on any atom is -0.322 e. The molecular weight excluding hydrogens is 356 g/mol. The molecular formula is C21H28N4O3. The molecule has 3 aliphatic rings. The van der Waals surface area contributed by atoms with Crippen LogP contribution in [-0.2, 0) is 22.7 Å². The van der Waals surface area contributed by atoms with Crippen LogP contribution in [0.2, 0.25) is 0 Å². The van der Waals surface area contributed by atoms with Crippen molar-refractivity contribution in [2.24, 2.45) is 0 Å². The van der Waals surface area contributed by atoms with Gasteiger partial charge in [0.25, 0.3) is 5.91 Å². The molecule has 2 N–H and O–H groups in total. The number of amides is 3. The van der Waals surface area contributed by atoms with Crippen molar-refractivity contribution in [1.82, 2.24) is 20.4 Å². The maximum absolute atomic E-state index is 12.9. The van der Waals surface area contributed by atoms with Crippen molar-refractivity contribution in [3.63, 3.8) is 0 Å². The molecule has 4 rings (SSSR count). The zero-order valence-electron chi connectivity index (χ0n) is 16.4. The highest BCUT2D eigenvalue weighted by molar-refractivity contribution is 6.05. The smallest absolute Gasteiger partial charge is 0.255 e. The van der Waals surface area contributed by atoms with E-state index in [1.807, 2.05) is 12.1 Å². The Balaban J connectivity index is 1.46. The quantitative estimate of drug-likeness (QED) is 0.741. The second kappa shape index (κ2) is 8.01. The first kappa shape index (κ1) is 19.1. The fraction of sp³-hybridized carbons (Fsp3) is 0.571. The van der Waals surface area contributed by atoms with Gasteiger partial charge in [-0.25, -0.2) is 0 Å². The fourth-order valence-corrected chi connectivity index (χ4v) is 4.62. The van der Waals surface area contributed by atoms with Crippen LogP contribution in [0.15, 0.2) is 18.2 Å². The monoisotopic (exact) mass is 384 g/mol. The number of fused-ring (bicyclic) bond motifs is 1. The Morgan fingerprint density at radius 1 is 1.14 bits per heavy atom. The van der Waals surface area contributed by atoms with Gasteiger partial charge < -0.3 is 10.2 Å². The molecule has 7 nitrogen and oxygen atoms in total. The van der Waals surface area contributed by atoms with Gasteiger partial charge >= 0.3 is 0 Å². The van der Waals surface area contributed by atoms with Gasteiger partial charge in [0.15, 0.2) is 0 Å². The molecule has 0 saturated carbocycles. The van der Waals surface area contributed by atoms with Crippen LogP contribution in [0.3, 0.4) is 0 Å². The highest BCUT2D eigenvalue weighted by Crippen LogP contribution is 2.30. The highest BCUT2D eigenvalue weighted by atomic mass is 16.2. The van der Waals surface area contributed by atoms with Crippen molar-refractivity contribution in [3.05, 3.63) is 34.9 Å². The second-order valence-electron chi connectivity index (χ2n) is 7.95. The van der Waals surface area contributed by atoms with E-state index in [0.29, 0.717) is 24.6 Å². The average Bonchev–Trinajstić information content (AvgIpc) is 3.01. The summed E-state index contributed by atoms with van der Waals surface area (Å²) < 4.78 is 0. The summed E-state index contributed by atoms with van der Waals surface area (Å²) in [5.74, 6) is -0.714. The van der Waals surface area contributed by atoms with E-state index in [1.54, 1.807) is 4.90 Å². The average molecular weight is 384 g/mol. The van der Waals surface area contributed by atoms with E-state index < -0.39 is 6.04 Å². The molecule has 2 fully saturated rings. The first-order valence-corrected chi connectivity index (χ1v) is 10.3. The van der Waals surface area contributed by atoms with Gasteiger partial charge in [-0.3, -0.25) is 24.6 Å². The lowest BCUT2D eigenvalue weighted by Crippen LogP contribution is -2.52. The topological polar surface area (TPSA) is 81.8 Å². The summed E-state index contributed by atoms with van der Waals surface area (Å²) in [7, 11) is 0. The minimum absolute atomic E-state index is 0.0998. The zero-order valence-corrected chi connectivity index (χ0v) is 16.4. The Labute approximate surface area is 165 Å². The molecule has 7 heteroatoms. The minimum atomic E-state index is -0.554. The highest BCUT2D eigenvalue weighted by Gasteiger charge is 2.39. The Hall–Kier alpha value is -2.25. The SMILES string of the molecule is CCNC1CCN(Cc2cccc3c2CN(C2CCC(=O)NC2=O)C3=O)CC1. The van der Waals surface area contributed by atoms with E-state index in [9.17, 15) is 14.4 Å². The fourth-order valence-electron chi connectivity index (χ4n) is 4.62. The summed E-state index contributed by atoms with van der Waals surface area (Å²) in [4.78, 5) is 40.7. The molecule has 1 unspecified atom stereocenters. The number of piperidine rings is 2. The molecule has 0 bridgehead atoms. The predicted octanol–water partition coefficient (Wildman–Crippen LogP) is 1.02. The predicted molar refractivity (Wildman–Crippen MR) is 104 cm³/mol. The number of rotatable bonds is 5. The Morgan fingerprint density at radius 3 is 2.64 bits per heavy atom. The van der Waals surface area contributed by atoms with Gasteiger partial charge in [-0.15, -0.1) is 0 Å². The van der Waals surface area contributed by atoms with E-state index in [4.69, 9.17) is 0 Å². The Morgan fingerprint density at radius 2 is 1.93 bits per heavy atom. The van der Waals surface area contributed by atoms with Gasteiger partial charge in [0.2, 0.25) is 11.8 Å². The first-order chi connectivity index (χ1) is 13.6. The third kappa shape index (κ3) is 3.69. The Kier molecular flexibility index (Phi) is 5.46. The molecule has 150 valence electrons. The molecule has 28 heavy (non-hydrogen) atoms. The number of imide groups is 1. The first-order valence-electron chi connectivity index (χ1n) is 10.3. The van der Waals surface area contributed by atoms with Crippen LogP contribution in [0.25, 0.3) is 0 Å². The van der Waals surface area contributed by atoms with Crippen molar-refractivity contribution in [2.45, 2.75) is 57.8 Å². The molecule has 1 aromatic carbocycles. The number of carbonyl (C=O) groups excluding carboxylic acids is 3. The molecule has 0 spiro atoms. The number of carbonyl (C=O) groups is 3. The number of nitrogens with zero attached hydrogens (tertiary/aromatic N) is 2. The number of hydrogen-bond acceptors (Lipinski definition) is 5. The van der Waals surface area contributed by atoms with E-state index >= 15 is 0 Å². The van der Waals surface area contributed by atoms with Gasteiger partial charge in [-0.1, -0.05) is 19.1 Å². The number of nitrogens with one attached hydrogen (secondary N) is 2. The largest absolute Gasteiger partial charge is 0.322 e.